The highest BCUT2D eigenvalue weighted by Crippen LogP contribution is 2.30. The van der Waals surface area contributed by atoms with Crippen LogP contribution in [0.4, 0.5) is 0 Å². The van der Waals surface area contributed by atoms with Gasteiger partial charge in [0.25, 0.3) is 0 Å². The molecule has 0 N–H and O–H groups in total. The van der Waals surface area contributed by atoms with Crippen LogP contribution in [0, 0.1) is 12.8 Å². The highest BCUT2D eigenvalue weighted by atomic mass is 32.2. The first-order valence-electron chi connectivity index (χ1n) is 9.93. The van der Waals surface area contributed by atoms with Crippen molar-refractivity contribution in [2.75, 3.05) is 26.2 Å². The number of hydrogen-bond acceptors (Lipinski definition) is 6. The molecule has 2 aromatic heterocycles. The van der Waals surface area contributed by atoms with Gasteiger partial charge in [-0.25, -0.2) is 8.42 Å². The highest BCUT2D eigenvalue weighted by molar-refractivity contribution is 7.89. The summed E-state index contributed by atoms with van der Waals surface area (Å²) < 4.78 is 38.4. The van der Waals surface area contributed by atoms with Gasteiger partial charge in [-0.2, -0.15) is 4.31 Å². The van der Waals surface area contributed by atoms with Crippen molar-refractivity contribution in [1.82, 2.24) is 14.4 Å². The molecule has 156 valence electrons. The third-order valence-electron chi connectivity index (χ3n) is 5.59. The first-order chi connectivity index (χ1) is 14.0. The predicted octanol–water partition coefficient (Wildman–Crippen LogP) is 2.77. The van der Waals surface area contributed by atoms with E-state index in [9.17, 15) is 13.2 Å². The molecule has 9 heteroatoms. The van der Waals surface area contributed by atoms with Crippen molar-refractivity contribution in [3.05, 3.63) is 35.6 Å². The number of likely N-dealkylation sites (tertiary alicyclic amines) is 1. The number of hydrogen-bond donors (Lipinski definition) is 0. The molecule has 2 saturated heterocycles. The lowest BCUT2D eigenvalue weighted by molar-refractivity contribution is -0.135. The Morgan fingerprint density at radius 2 is 1.90 bits per heavy atom. The summed E-state index contributed by atoms with van der Waals surface area (Å²) in [6.45, 7) is 3.90. The van der Waals surface area contributed by atoms with Gasteiger partial charge >= 0.3 is 0 Å². The zero-order chi connectivity index (χ0) is 20.4. The van der Waals surface area contributed by atoms with Crippen molar-refractivity contribution >= 4 is 28.1 Å². The normalized spacial score (nSPS) is 19.4. The maximum atomic E-state index is 13.3. The molecule has 0 unspecified atom stereocenters. The maximum absolute atomic E-state index is 13.3. The third kappa shape index (κ3) is 4.02. The molecule has 0 radical (unpaired) electrons. The molecule has 4 heterocycles. The van der Waals surface area contributed by atoms with Gasteiger partial charge in [-0.3, -0.25) is 4.79 Å². The number of sulfonamides is 1. The van der Waals surface area contributed by atoms with Crippen LogP contribution >= 0.6 is 0 Å². The second kappa shape index (κ2) is 8.16. The van der Waals surface area contributed by atoms with Crippen LogP contribution in [-0.4, -0.2) is 54.9 Å². The number of aromatic nitrogens is 1. The molecule has 8 nitrogen and oxygen atoms in total. The van der Waals surface area contributed by atoms with E-state index in [4.69, 9.17) is 8.94 Å². The number of amides is 1. The molecule has 0 atom stereocenters. The van der Waals surface area contributed by atoms with Crippen LogP contribution < -0.4 is 0 Å². The van der Waals surface area contributed by atoms with Crippen LogP contribution in [0.15, 0.2) is 32.2 Å². The van der Waals surface area contributed by atoms with Crippen LogP contribution in [0.5, 0.6) is 0 Å². The minimum absolute atomic E-state index is 0.0737. The van der Waals surface area contributed by atoms with Gasteiger partial charge < -0.3 is 13.8 Å². The van der Waals surface area contributed by atoms with Crippen LogP contribution in [0.25, 0.3) is 12.2 Å². The Bertz CT molecular complexity index is 979. The molecule has 0 aliphatic carbocycles. The van der Waals surface area contributed by atoms with Crippen molar-refractivity contribution in [1.29, 1.82) is 0 Å². The Kier molecular flexibility index (Phi) is 5.60. The number of aryl methyl sites for hydroxylation is 1. The minimum atomic E-state index is -3.77. The number of nitrogens with zero attached hydrogens (tertiary/aromatic N) is 3. The van der Waals surface area contributed by atoms with Crippen molar-refractivity contribution in [2.45, 2.75) is 37.5 Å². The predicted molar refractivity (Wildman–Crippen MR) is 106 cm³/mol. The summed E-state index contributed by atoms with van der Waals surface area (Å²) in [5.41, 5.74) is 0.319. The summed E-state index contributed by atoms with van der Waals surface area (Å²) >= 11 is 0. The lowest BCUT2D eigenvalue weighted by Gasteiger charge is -2.32. The smallest absolute Gasteiger partial charge is 0.248 e. The summed E-state index contributed by atoms with van der Waals surface area (Å²) in [4.78, 5) is 14.6. The van der Waals surface area contributed by atoms with Crippen LogP contribution in [0.2, 0.25) is 0 Å². The molecule has 4 rings (SSSR count). The average Bonchev–Trinajstić information content (AvgIpc) is 3.48. The third-order valence-corrected chi connectivity index (χ3v) is 7.65. The van der Waals surface area contributed by atoms with Gasteiger partial charge in [-0.15, -0.1) is 0 Å². The summed E-state index contributed by atoms with van der Waals surface area (Å²) in [6, 6.07) is 3.51. The molecule has 0 bridgehead atoms. The number of carbonyl (C=O) groups excluding carboxylic acids is 1. The fourth-order valence-electron chi connectivity index (χ4n) is 4.01. The Morgan fingerprint density at radius 3 is 2.55 bits per heavy atom. The first-order valence-corrected chi connectivity index (χ1v) is 11.4. The Hall–Kier alpha value is -2.39. The van der Waals surface area contributed by atoms with E-state index in [1.54, 1.807) is 31.2 Å². The fourth-order valence-corrected chi connectivity index (χ4v) is 5.73. The average molecular weight is 420 g/mol. The van der Waals surface area contributed by atoms with Gasteiger partial charge in [0.1, 0.15) is 11.5 Å². The topological polar surface area (TPSA) is 96.9 Å². The maximum Gasteiger partial charge on any atom is 0.248 e. The van der Waals surface area contributed by atoms with Gasteiger partial charge in [0, 0.05) is 32.1 Å². The van der Waals surface area contributed by atoms with Crippen molar-refractivity contribution in [3.63, 3.8) is 0 Å². The quantitative estimate of drug-likeness (QED) is 0.739. The van der Waals surface area contributed by atoms with Gasteiger partial charge in [-0.05, 0) is 56.9 Å². The Balaban J connectivity index is 1.48. The lowest BCUT2D eigenvalue weighted by Crippen LogP contribution is -2.43. The fraction of sp³-hybridized carbons (Fsp3) is 0.500. The van der Waals surface area contributed by atoms with E-state index in [2.05, 4.69) is 5.16 Å². The molecule has 1 amide bonds. The molecule has 0 spiro atoms. The summed E-state index contributed by atoms with van der Waals surface area (Å²) in [7, 11) is -3.77. The van der Waals surface area contributed by atoms with Crippen molar-refractivity contribution in [2.24, 2.45) is 5.92 Å². The van der Waals surface area contributed by atoms with E-state index in [0.29, 0.717) is 37.4 Å². The Labute approximate surface area is 170 Å². The molecular weight excluding hydrogens is 394 g/mol. The molecule has 29 heavy (non-hydrogen) atoms. The molecule has 0 saturated carbocycles. The molecule has 2 aromatic rings. The molecule has 2 aliphatic heterocycles. The SMILES string of the molecule is Cc1noc(/C=C/c2ccco2)c1S(=O)(=O)N1CCC(C(=O)N2CCCC2)CC1. The lowest BCUT2D eigenvalue weighted by atomic mass is 9.97. The second-order valence-corrected chi connectivity index (χ2v) is 9.40. The first kappa shape index (κ1) is 19.9. The van der Waals surface area contributed by atoms with E-state index in [0.717, 1.165) is 25.9 Å². The van der Waals surface area contributed by atoms with E-state index in [-0.39, 0.29) is 22.5 Å². The number of rotatable bonds is 5. The largest absolute Gasteiger partial charge is 0.465 e. The van der Waals surface area contributed by atoms with E-state index >= 15 is 0 Å². The van der Waals surface area contributed by atoms with Crippen molar-refractivity contribution in [3.8, 4) is 0 Å². The zero-order valence-corrected chi connectivity index (χ0v) is 17.2. The van der Waals surface area contributed by atoms with Gasteiger partial charge in [-0.1, -0.05) is 5.16 Å². The highest BCUT2D eigenvalue weighted by Gasteiger charge is 2.37. The Morgan fingerprint density at radius 1 is 1.17 bits per heavy atom. The van der Waals surface area contributed by atoms with E-state index in [1.807, 2.05) is 4.90 Å². The van der Waals surface area contributed by atoms with Crippen LogP contribution in [0.1, 0.15) is 42.9 Å². The van der Waals surface area contributed by atoms with Crippen LogP contribution in [-0.2, 0) is 14.8 Å². The number of piperidine rings is 1. The molecule has 2 aliphatic rings. The molecular formula is C20H25N3O5S. The summed E-state index contributed by atoms with van der Waals surface area (Å²) in [5, 5.41) is 3.85. The number of furan rings is 1. The molecule has 2 fully saturated rings. The van der Waals surface area contributed by atoms with Gasteiger partial charge in [0.2, 0.25) is 15.9 Å². The monoisotopic (exact) mass is 419 g/mol. The van der Waals surface area contributed by atoms with Gasteiger partial charge in [0.15, 0.2) is 10.7 Å². The van der Waals surface area contributed by atoms with E-state index in [1.165, 1.54) is 10.6 Å². The summed E-state index contributed by atoms with van der Waals surface area (Å²) in [5.74, 6) is 0.835. The second-order valence-electron chi connectivity index (χ2n) is 7.52. The minimum Gasteiger partial charge on any atom is -0.465 e. The standard InChI is InChI=1S/C20H25N3O5S/c1-15-19(18(28-21-15)7-6-17-5-4-14-27-17)29(25,26)23-12-8-16(9-13-23)20(24)22-10-2-3-11-22/h4-7,14,16H,2-3,8-13H2,1H3/b7-6+. The van der Waals surface area contributed by atoms with Crippen LogP contribution in [0.3, 0.4) is 0 Å². The molecule has 0 aromatic carbocycles. The van der Waals surface area contributed by atoms with E-state index < -0.39 is 10.0 Å². The summed E-state index contributed by atoms with van der Waals surface area (Å²) in [6.07, 6.45) is 7.92. The number of carbonyl (C=O) groups is 1. The zero-order valence-electron chi connectivity index (χ0n) is 16.4. The van der Waals surface area contributed by atoms with Crippen molar-refractivity contribution < 1.29 is 22.2 Å². The van der Waals surface area contributed by atoms with Gasteiger partial charge in [0.05, 0.1) is 6.26 Å².